The van der Waals surface area contributed by atoms with Crippen molar-refractivity contribution in [1.82, 2.24) is 10.6 Å². The second-order valence-electron chi connectivity index (χ2n) is 3.86. The summed E-state index contributed by atoms with van der Waals surface area (Å²) < 4.78 is 11.4. The molecule has 6 heteroatoms. The van der Waals surface area contributed by atoms with Crippen LogP contribution in [0.25, 0.3) is 0 Å². The zero-order valence-corrected chi connectivity index (χ0v) is 13.0. The Morgan fingerprint density at radius 3 is 2.47 bits per heavy atom. The molecule has 0 aliphatic rings. The van der Waals surface area contributed by atoms with E-state index in [2.05, 4.69) is 26.6 Å². The van der Waals surface area contributed by atoms with Crippen LogP contribution in [-0.4, -0.2) is 33.2 Å². The van der Waals surface area contributed by atoms with Crippen LogP contribution in [0.5, 0.6) is 11.5 Å². The predicted octanol–water partition coefficient (Wildman–Crippen LogP) is 1.69. The lowest BCUT2D eigenvalue weighted by atomic mass is 10.2. The fraction of sp³-hybridized carbons (Fsp3) is 0.462. The highest BCUT2D eigenvalue weighted by molar-refractivity contribution is 9.10. The maximum atomic E-state index is 11.3. The Kier molecular flexibility index (Phi) is 6.66. The number of benzene rings is 1. The van der Waals surface area contributed by atoms with E-state index in [1.807, 2.05) is 19.1 Å². The SMILES string of the molecule is CCNC(=O)CNCc1cc(OC)c(OC)cc1Br. The molecule has 0 unspecified atom stereocenters. The third-order valence-electron chi connectivity index (χ3n) is 2.53. The summed E-state index contributed by atoms with van der Waals surface area (Å²) >= 11 is 3.47. The van der Waals surface area contributed by atoms with Crippen LogP contribution in [0.15, 0.2) is 16.6 Å². The molecule has 0 aliphatic carbocycles. The molecule has 0 heterocycles. The van der Waals surface area contributed by atoms with Gasteiger partial charge in [-0.2, -0.15) is 0 Å². The average Bonchev–Trinajstić information content (AvgIpc) is 2.40. The summed E-state index contributed by atoms with van der Waals surface area (Å²) in [6, 6.07) is 3.73. The lowest BCUT2D eigenvalue weighted by Gasteiger charge is -2.12. The van der Waals surface area contributed by atoms with Gasteiger partial charge in [-0.05, 0) is 24.6 Å². The number of rotatable bonds is 7. The molecule has 0 bridgehead atoms. The fourth-order valence-corrected chi connectivity index (χ4v) is 2.06. The van der Waals surface area contributed by atoms with Crippen molar-refractivity contribution in [2.75, 3.05) is 27.3 Å². The van der Waals surface area contributed by atoms with E-state index in [-0.39, 0.29) is 12.5 Å². The van der Waals surface area contributed by atoms with Gasteiger partial charge in [0.05, 0.1) is 20.8 Å². The van der Waals surface area contributed by atoms with Crippen molar-refractivity contribution in [3.8, 4) is 11.5 Å². The second kappa shape index (κ2) is 8.01. The van der Waals surface area contributed by atoms with Crippen LogP contribution in [0.1, 0.15) is 12.5 Å². The van der Waals surface area contributed by atoms with E-state index >= 15 is 0 Å². The van der Waals surface area contributed by atoms with Crippen molar-refractivity contribution in [2.45, 2.75) is 13.5 Å². The first-order valence-electron chi connectivity index (χ1n) is 6.00. The van der Waals surface area contributed by atoms with E-state index in [0.29, 0.717) is 24.6 Å². The molecule has 0 fully saturated rings. The van der Waals surface area contributed by atoms with Crippen LogP contribution in [0.2, 0.25) is 0 Å². The van der Waals surface area contributed by atoms with Crippen LogP contribution in [0, 0.1) is 0 Å². The fourth-order valence-electron chi connectivity index (χ4n) is 1.60. The summed E-state index contributed by atoms with van der Waals surface area (Å²) in [7, 11) is 3.19. The van der Waals surface area contributed by atoms with E-state index < -0.39 is 0 Å². The summed E-state index contributed by atoms with van der Waals surface area (Å²) in [6.07, 6.45) is 0. The zero-order valence-electron chi connectivity index (χ0n) is 11.4. The monoisotopic (exact) mass is 330 g/mol. The normalized spacial score (nSPS) is 10.1. The van der Waals surface area contributed by atoms with Gasteiger partial charge in [-0.3, -0.25) is 4.79 Å². The van der Waals surface area contributed by atoms with Crippen LogP contribution in [0.3, 0.4) is 0 Å². The molecule has 5 nitrogen and oxygen atoms in total. The first-order chi connectivity index (χ1) is 9.12. The number of hydrogen-bond acceptors (Lipinski definition) is 4. The Morgan fingerprint density at radius 1 is 1.26 bits per heavy atom. The minimum absolute atomic E-state index is 0.0147. The summed E-state index contributed by atoms with van der Waals surface area (Å²) in [5, 5.41) is 5.81. The molecular weight excluding hydrogens is 312 g/mol. The molecule has 1 amide bonds. The van der Waals surface area contributed by atoms with Crippen molar-refractivity contribution in [2.24, 2.45) is 0 Å². The molecule has 0 radical (unpaired) electrons. The first kappa shape index (κ1) is 15.8. The van der Waals surface area contributed by atoms with Crippen LogP contribution < -0.4 is 20.1 Å². The number of carbonyl (C=O) groups is 1. The topological polar surface area (TPSA) is 59.6 Å². The van der Waals surface area contributed by atoms with Gasteiger partial charge in [0.15, 0.2) is 11.5 Å². The molecule has 0 spiro atoms. The van der Waals surface area contributed by atoms with Crippen molar-refractivity contribution in [3.05, 3.63) is 22.2 Å². The first-order valence-corrected chi connectivity index (χ1v) is 6.79. The molecule has 0 aromatic heterocycles. The molecule has 2 N–H and O–H groups in total. The molecule has 1 aromatic rings. The predicted molar refractivity (Wildman–Crippen MR) is 77.6 cm³/mol. The van der Waals surface area contributed by atoms with E-state index in [4.69, 9.17) is 9.47 Å². The Hall–Kier alpha value is -1.27. The highest BCUT2D eigenvalue weighted by Gasteiger charge is 2.09. The van der Waals surface area contributed by atoms with Gasteiger partial charge in [0.25, 0.3) is 0 Å². The lowest BCUT2D eigenvalue weighted by molar-refractivity contribution is -0.120. The van der Waals surface area contributed by atoms with Crippen LogP contribution in [-0.2, 0) is 11.3 Å². The summed E-state index contributed by atoms with van der Waals surface area (Å²) in [5.74, 6) is 1.32. The maximum Gasteiger partial charge on any atom is 0.233 e. The third kappa shape index (κ3) is 4.72. The molecule has 0 aliphatic heterocycles. The lowest BCUT2D eigenvalue weighted by Crippen LogP contribution is -2.33. The van der Waals surface area contributed by atoms with Gasteiger partial charge in [0.1, 0.15) is 0 Å². The number of ether oxygens (including phenoxy) is 2. The van der Waals surface area contributed by atoms with Crippen LogP contribution >= 0.6 is 15.9 Å². The molecule has 106 valence electrons. The van der Waals surface area contributed by atoms with Crippen molar-refractivity contribution >= 4 is 21.8 Å². The van der Waals surface area contributed by atoms with E-state index in [0.717, 1.165) is 10.0 Å². The second-order valence-corrected chi connectivity index (χ2v) is 4.71. The number of nitrogens with one attached hydrogen (secondary N) is 2. The Morgan fingerprint density at radius 2 is 1.89 bits per heavy atom. The minimum atomic E-state index is -0.0147. The van der Waals surface area contributed by atoms with Gasteiger partial charge in [0, 0.05) is 17.6 Å². The Labute approximate surface area is 121 Å². The number of amides is 1. The van der Waals surface area contributed by atoms with Gasteiger partial charge < -0.3 is 20.1 Å². The molecule has 1 aromatic carbocycles. The largest absolute Gasteiger partial charge is 0.493 e. The smallest absolute Gasteiger partial charge is 0.233 e. The number of halogens is 1. The van der Waals surface area contributed by atoms with Crippen molar-refractivity contribution < 1.29 is 14.3 Å². The standard InChI is InChI=1S/C13H19BrN2O3/c1-4-16-13(17)8-15-7-9-5-11(18-2)12(19-3)6-10(9)14/h5-6,15H,4,7-8H2,1-3H3,(H,16,17). The highest BCUT2D eigenvalue weighted by atomic mass is 79.9. The van der Waals surface area contributed by atoms with Gasteiger partial charge in [-0.25, -0.2) is 0 Å². The number of carbonyl (C=O) groups excluding carboxylic acids is 1. The van der Waals surface area contributed by atoms with Gasteiger partial charge in [-0.1, -0.05) is 15.9 Å². The number of hydrogen-bond donors (Lipinski definition) is 2. The molecule has 0 atom stereocenters. The van der Waals surface area contributed by atoms with Crippen LogP contribution in [0.4, 0.5) is 0 Å². The van der Waals surface area contributed by atoms with Gasteiger partial charge >= 0.3 is 0 Å². The average molecular weight is 331 g/mol. The van der Waals surface area contributed by atoms with Crippen molar-refractivity contribution in [3.63, 3.8) is 0 Å². The van der Waals surface area contributed by atoms with Crippen molar-refractivity contribution in [1.29, 1.82) is 0 Å². The van der Waals surface area contributed by atoms with Gasteiger partial charge in [0.2, 0.25) is 5.91 Å². The number of methoxy groups -OCH3 is 2. The highest BCUT2D eigenvalue weighted by Crippen LogP contribution is 2.33. The Balaban J connectivity index is 2.65. The molecular formula is C13H19BrN2O3. The zero-order chi connectivity index (χ0) is 14.3. The molecule has 1 rings (SSSR count). The third-order valence-corrected chi connectivity index (χ3v) is 3.27. The summed E-state index contributed by atoms with van der Waals surface area (Å²) in [6.45, 7) is 3.39. The van der Waals surface area contributed by atoms with E-state index in [1.165, 1.54) is 0 Å². The van der Waals surface area contributed by atoms with E-state index in [1.54, 1.807) is 14.2 Å². The molecule has 0 saturated carbocycles. The summed E-state index contributed by atoms with van der Waals surface area (Å²) in [5.41, 5.74) is 1.00. The minimum Gasteiger partial charge on any atom is -0.493 e. The summed E-state index contributed by atoms with van der Waals surface area (Å²) in [4.78, 5) is 11.3. The molecule has 0 saturated heterocycles. The van der Waals surface area contributed by atoms with E-state index in [9.17, 15) is 4.79 Å². The maximum absolute atomic E-state index is 11.3. The Bertz CT molecular complexity index is 438. The molecule has 19 heavy (non-hydrogen) atoms. The van der Waals surface area contributed by atoms with Gasteiger partial charge in [-0.15, -0.1) is 0 Å². The number of likely N-dealkylation sites (N-methyl/N-ethyl adjacent to an activating group) is 1. The quantitative estimate of drug-likeness (QED) is 0.798.